The first-order valence-corrected chi connectivity index (χ1v) is 11.3. The molecule has 0 aliphatic carbocycles. The molecule has 3 aromatic rings. The van der Waals surface area contributed by atoms with E-state index in [9.17, 15) is 23.2 Å². The summed E-state index contributed by atoms with van der Waals surface area (Å²) in [5.74, 6) is -3.40. The monoisotopic (exact) mass is 538 g/mol. The first-order chi connectivity index (χ1) is 17.8. The number of hydrogen-bond donors (Lipinski definition) is 4. The maximum atomic E-state index is 14.6. The second-order valence-electron chi connectivity index (χ2n) is 7.90. The molecule has 2 atom stereocenters. The van der Waals surface area contributed by atoms with Crippen molar-refractivity contribution in [2.24, 2.45) is 0 Å². The summed E-state index contributed by atoms with van der Waals surface area (Å²) in [6.07, 6.45) is -1.57. The van der Waals surface area contributed by atoms with Crippen LogP contribution in [0, 0.1) is 11.6 Å². The average Bonchev–Trinajstić information content (AvgIpc) is 2.89. The number of carbonyl (C=O) groups excluding carboxylic acids is 2. The van der Waals surface area contributed by atoms with E-state index in [-0.39, 0.29) is 53.9 Å². The van der Waals surface area contributed by atoms with Crippen LogP contribution in [0.3, 0.4) is 0 Å². The molecule has 1 fully saturated rings. The summed E-state index contributed by atoms with van der Waals surface area (Å²) in [5, 5.41) is 13.2. The molecule has 1 saturated heterocycles. The van der Waals surface area contributed by atoms with E-state index in [0.29, 0.717) is 5.56 Å². The van der Waals surface area contributed by atoms with Crippen molar-refractivity contribution in [1.29, 1.82) is 0 Å². The molecule has 2 unspecified atom stereocenters. The zero-order valence-corrected chi connectivity index (χ0v) is 19.8. The number of amides is 2. The number of aromatic nitrogens is 2. The van der Waals surface area contributed by atoms with Crippen molar-refractivity contribution in [3.8, 4) is 5.75 Å². The molecular formula is C23H21ClF2N4O7. The lowest BCUT2D eigenvalue weighted by molar-refractivity contribution is -0.165. The normalized spacial score (nSPS) is 17.4. The molecule has 2 heterocycles. The number of rotatable bonds is 8. The van der Waals surface area contributed by atoms with Crippen molar-refractivity contribution < 1.29 is 37.7 Å². The van der Waals surface area contributed by atoms with Gasteiger partial charge in [-0.05, 0) is 29.8 Å². The van der Waals surface area contributed by atoms with Gasteiger partial charge in [-0.1, -0.05) is 17.7 Å². The molecule has 2 amide bonds. The maximum Gasteiger partial charge on any atom is 0.287 e. The van der Waals surface area contributed by atoms with E-state index >= 15 is 0 Å². The molecule has 196 valence electrons. The summed E-state index contributed by atoms with van der Waals surface area (Å²) < 4.78 is 44.2. The molecule has 4 rings (SSSR count). The zero-order chi connectivity index (χ0) is 26.5. The highest BCUT2D eigenvalue weighted by atomic mass is 35.5. The Morgan fingerprint density at radius 3 is 2.65 bits per heavy atom. The second kappa shape index (κ2) is 11.6. The number of aliphatic hydroxyl groups excluding tert-OH is 1. The minimum absolute atomic E-state index is 0.00959. The van der Waals surface area contributed by atoms with Crippen LogP contribution in [-0.4, -0.2) is 65.6 Å². The third-order valence-corrected chi connectivity index (χ3v) is 5.65. The molecule has 1 aromatic heterocycles. The first kappa shape index (κ1) is 26.4. The van der Waals surface area contributed by atoms with E-state index in [1.165, 1.54) is 18.2 Å². The van der Waals surface area contributed by atoms with Gasteiger partial charge in [0.25, 0.3) is 17.4 Å². The van der Waals surface area contributed by atoms with Gasteiger partial charge in [-0.2, -0.15) is 0 Å². The fourth-order valence-electron chi connectivity index (χ4n) is 3.50. The van der Waals surface area contributed by atoms with E-state index in [1.807, 2.05) is 0 Å². The van der Waals surface area contributed by atoms with Gasteiger partial charge in [0, 0.05) is 6.54 Å². The molecule has 0 radical (unpaired) electrons. The zero-order valence-electron chi connectivity index (χ0n) is 19.1. The Hall–Kier alpha value is -3.65. The summed E-state index contributed by atoms with van der Waals surface area (Å²) >= 11 is 5.74. The number of H-pyrrole nitrogens is 1. The third kappa shape index (κ3) is 6.20. The van der Waals surface area contributed by atoms with Crippen LogP contribution >= 0.6 is 11.6 Å². The number of halogens is 3. The number of carbonyl (C=O) groups is 2. The number of nitrogens with zero attached hydrogens (tertiary/aromatic N) is 1. The Labute approximate surface area is 212 Å². The minimum Gasteiger partial charge on any atom is -0.487 e. The number of benzene rings is 2. The molecular weight excluding hydrogens is 518 g/mol. The van der Waals surface area contributed by atoms with Gasteiger partial charge in [-0.25, -0.2) is 13.8 Å². The Balaban J connectivity index is 1.44. The minimum atomic E-state index is -0.908. The SMILES string of the molecule is O=C(NCc1ccc(F)c(Cl)c1)c1nc2ccc(F)c(OCC3COC(C(=O)NCO)CO3)c2c(=O)[nH]1. The van der Waals surface area contributed by atoms with Gasteiger partial charge in [0.15, 0.2) is 23.5 Å². The molecule has 2 aromatic carbocycles. The summed E-state index contributed by atoms with van der Waals surface area (Å²) in [6, 6.07) is 6.22. The highest BCUT2D eigenvalue weighted by Crippen LogP contribution is 2.26. The quantitative estimate of drug-likeness (QED) is 0.310. The number of aliphatic hydroxyl groups is 1. The standard InChI is InChI=1S/C23H21ClF2N4O7/c24-13-5-11(1-2-14(13)25)6-27-23(34)20-29-16-4-3-15(26)19(18(16)22(33)30-20)37-8-12-7-36-17(9-35-12)21(32)28-10-31/h1-5,12,17,31H,6-10H2,(H,27,34)(H,28,32)(H,29,30,33). The van der Waals surface area contributed by atoms with E-state index < -0.39 is 47.9 Å². The van der Waals surface area contributed by atoms with Crippen LogP contribution in [0.5, 0.6) is 5.75 Å². The van der Waals surface area contributed by atoms with Crippen LogP contribution in [0.1, 0.15) is 16.2 Å². The Kier molecular flexibility index (Phi) is 8.28. The number of ether oxygens (including phenoxy) is 3. The number of nitrogens with one attached hydrogen (secondary N) is 3. The number of hydrogen-bond acceptors (Lipinski definition) is 8. The van der Waals surface area contributed by atoms with Gasteiger partial charge in [0.1, 0.15) is 30.6 Å². The van der Waals surface area contributed by atoms with E-state index in [1.54, 1.807) is 0 Å². The molecule has 4 N–H and O–H groups in total. The fraction of sp³-hybridized carbons (Fsp3) is 0.304. The fourth-order valence-corrected chi connectivity index (χ4v) is 3.70. The van der Waals surface area contributed by atoms with Crippen LogP contribution in [0.2, 0.25) is 5.02 Å². The van der Waals surface area contributed by atoms with Crippen molar-refractivity contribution in [2.75, 3.05) is 26.6 Å². The Morgan fingerprint density at radius 2 is 1.95 bits per heavy atom. The van der Waals surface area contributed by atoms with Gasteiger partial charge >= 0.3 is 0 Å². The lowest BCUT2D eigenvalue weighted by atomic mass is 10.2. The molecule has 37 heavy (non-hydrogen) atoms. The van der Waals surface area contributed by atoms with Gasteiger partial charge in [0.05, 0.1) is 23.8 Å². The topological polar surface area (TPSA) is 152 Å². The van der Waals surface area contributed by atoms with Gasteiger partial charge in [0.2, 0.25) is 0 Å². The van der Waals surface area contributed by atoms with Crippen molar-refractivity contribution >= 4 is 34.3 Å². The van der Waals surface area contributed by atoms with Crippen LogP contribution in [0.25, 0.3) is 10.9 Å². The lowest BCUT2D eigenvalue weighted by Crippen LogP contribution is -2.47. The summed E-state index contributed by atoms with van der Waals surface area (Å²) in [7, 11) is 0. The van der Waals surface area contributed by atoms with Crippen molar-refractivity contribution in [3.05, 3.63) is 68.7 Å². The molecule has 0 bridgehead atoms. The number of aromatic amines is 1. The molecule has 14 heteroatoms. The third-order valence-electron chi connectivity index (χ3n) is 5.36. The highest BCUT2D eigenvalue weighted by Gasteiger charge is 2.28. The van der Waals surface area contributed by atoms with Crippen molar-refractivity contribution in [3.63, 3.8) is 0 Å². The van der Waals surface area contributed by atoms with E-state index in [2.05, 4.69) is 20.6 Å². The predicted octanol–water partition coefficient (Wildman–Crippen LogP) is 1.01. The van der Waals surface area contributed by atoms with Crippen LogP contribution in [0.4, 0.5) is 8.78 Å². The largest absolute Gasteiger partial charge is 0.487 e. The molecule has 1 aliphatic rings. The van der Waals surface area contributed by atoms with Gasteiger partial charge in [-0.15, -0.1) is 0 Å². The average molecular weight is 539 g/mol. The molecule has 1 aliphatic heterocycles. The lowest BCUT2D eigenvalue weighted by Gasteiger charge is -2.28. The van der Waals surface area contributed by atoms with E-state index in [4.69, 9.17) is 30.9 Å². The van der Waals surface area contributed by atoms with Gasteiger partial charge < -0.3 is 34.9 Å². The molecule has 0 saturated carbocycles. The van der Waals surface area contributed by atoms with Crippen LogP contribution in [-0.2, 0) is 20.8 Å². The Morgan fingerprint density at radius 1 is 1.16 bits per heavy atom. The Bertz CT molecular complexity index is 1380. The second-order valence-corrected chi connectivity index (χ2v) is 8.31. The van der Waals surface area contributed by atoms with Crippen LogP contribution in [0.15, 0.2) is 35.1 Å². The van der Waals surface area contributed by atoms with Crippen molar-refractivity contribution in [2.45, 2.75) is 18.8 Å². The molecule has 11 nitrogen and oxygen atoms in total. The maximum absolute atomic E-state index is 14.6. The van der Waals surface area contributed by atoms with Crippen molar-refractivity contribution in [1.82, 2.24) is 20.6 Å². The summed E-state index contributed by atoms with van der Waals surface area (Å²) in [4.78, 5) is 43.4. The first-order valence-electron chi connectivity index (χ1n) is 11.0. The smallest absolute Gasteiger partial charge is 0.287 e. The molecule has 0 spiro atoms. The predicted molar refractivity (Wildman–Crippen MR) is 125 cm³/mol. The highest BCUT2D eigenvalue weighted by molar-refractivity contribution is 6.30. The van der Waals surface area contributed by atoms with Crippen LogP contribution < -0.4 is 20.9 Å². The summed E-state index contributed by atoms with van der Waals surface area (Å²) in [5.41, 5.74) is -0.275. The van der Waals surface area contributed by atoms with E-state index in [0.717, 1.165) is 12.1 Å². The number of fused-ring (bicyclic) bond motifs is 1. The van der Waals surface area contributed by atoms with Gasteiger partial charge in [-0.3, -0.25) is 14.4 Å². The summed E-state index contributed by atoms with van der Waals surface area (Å²) in [6.45, 7) is -0.909.